The van der Waals surface area contributed by atoms with E-state index >= 15 is 0 Å². The molecule has 0 aliphatic carbocycles. The molecule has 1 aliphatic heterocycles. The summed E-state index contributed by atoms with van der Waals surface area (Å²) in [5.74, 6) is 0.116. The van der Waals surface area contributed by atoms with Crippen molar-refractivity contribution in [2.75, 3.05) is 4.90 Å². The summed E-state index contributed by atoms with van der Waals surface area (Å²) in [6, 6.07) is 24.4. The first-order valence-electron chi connectivity index (χ1n) is 10.1. The lowest BCUT2D eigenvalue weighted by Gasteiger charge is -2.17. The van der Waals surface area contributed by atoms with Crippen LogP contribution in [-0.4, -0.2) is 17.9 Å². The molecule has 2 amide bonds. The largest absolute Gasteiger partial charge is 0.491 e. The van der Waals surface area contributed by atoms with Gasteiger partial charge in [-0.05, 0) is 62.2 Å². The summed E-state index contributed by atoms with van der Waals surface area (Å²) in [7, 11) is 0. The van der Waals surface area contributed by atoms with E-state index < -0.39 is 0 Å². The number of rotatable bonds is 6. The summed E-state index contributed by atoms with van der Waals surface area (Å²) < 4.78 is 5.72. The van der Waals surface area contributed by atoms with Gasteiger partial charge in [-0.25, -0.2) is 4.90 Å². The molecule has 0 saturated carbocycles. The van der Waals surface area contributed by atoms with Crippen LogP contribution in [0.3, 0.4) is 0 Å². The minimum atomic E-state index is -0.310. The van der Waals surface area contributed by atoms with E-state index in [1.54, 1.807) is 6.07 Å². The lowest BCUT2D eigenvalue weighted by molar-refractivity contribution is -0.119. The lowest BCUT2D eigenvalue weighted by Crippen LogP contribution is -2.31. The highest BCUT2D eigenvalue weighted by Gasteiger charge is 2.40. The predicted octanol–water partition coefficient (Wildman–Crippen LogP) is 5.86. The van der Waals surface area contributed by atoms with Crippen molar-refractivity contribution in [3.05, 3.63) is 94.9 Å². The number of nitrogens with zero attached hydrogens (tertiary/aromatic N) is 1. The average Bonchev–Trinajstić information content (AvgIpc) is 2.99. The number of hydrogen-bond donors (Lipinski definition) is 0. The zero-order chi connectivity index (χ0) is 22.0. The minimum Gasteiger partial charge on any atom is -0.491 e. The van der Waals surface area contributed by atoms with Crippen LogP contribution in [0.4, 0.5) is 5.69 Å². The van der Waals surface area contributed by atoms with E-state index in [1.165, 1.54) is 16.7 Å². The molecule has 0 unspecified atom stereocenters. The Morgan fingerprint density at radius 2 is 1.45 bits per heavy atom. The van der Waals surface area contributed by atoms with Gasteiger partial charge in [0.1, 0.15) is 5.75 Å². The van der Waals surface area contributed by atoms with Crippen LogP contribution in [-0.2, 0) is 9.59 Å². The van der Waals surface area contributed by atoms with Crippen molar-refractivity contribution in [2.24, 2.45) is 0 Å². The van der Waals surface area contributed by atoms with E-state index in [4.69, 9.17) is 4.74 Å². The second kappa shape index (κ2) is 8.82. The standard InChI is InChI=1S/C26H23NO3S/c1-17(2)30-20-15-13-19(14-16-20)23-24(31-21-10-5-4-6-11-21)26(29)27(25(23)28)22-12-8-7-9-18(22)3/h4-17H,1-3H3. The Hall–Kier alpha value is -3.31. The molecule has 1 aliphatic rings. The van der Waals surface area contributed by atoms with Crippen molar-refractivity contribution >= 4 is 34.8 Å². The van der Waals surface area contributed by atoms with E-state index in [2.05, 4.69) is 0 Å². The summed E-state index contributed by atoms with van der Waals surface area (Å²) in [6.07, 6.45) is 0.0560. The van der Waals surface area contributed by atoms with Crippen LogP contribution in [0.25, 0.3) is 5.57 Å². The van der Waals surface area contributed by atoms with Gasteiger partial charge in [-0.3, -0.25) is 9.59 Å². The topological polar surface area (TPSA) is 46.6 Å². The van der Waals surface area contributed by atoms with E-state index in [0.717, 1.165) is 16.2 Å². The molecule has 0 aromatic heterocycles. The van der Waals surface area contributed by atoms with Gasteiger partial charge in [-0.1, -0.05) is 60.3 Å². The quantitative estimate of drug-likeness (QED) is 0.461. The van der Waals surface area contributed by atoms with Crippen molar-refractivity contribution in [1.82, 2.24) is 0 Å². The van der Waals surface area contributed by atoms with E-state index in [9.17, 15) is 9.59 Å². The van der Waals surface area contributed by atoms with Crippen molar-refractivity contribution in [2.45, 2.75) is 31.8 Å². The fourth-order valence-electron chi connectivity index (χ4n) is 3.47. The zero-order valence-corrected chi connectivity index (χ0v) is 18.5. The molecular weight excluding hydrogens is 406 g/mol. The number of benzene rings is 3. The summed E-state index contributed by atoms with van der Waals surface area (Å²) in [5.41, 5.74) is 2.59. The van der Waals surface area contributed by atoms with Gasteiger partial charge in [0.25, 0.3) is 11.8 Å². The molecule has 0 bridgehead atoms. The van der Waals surface area contributed by atoms with Gasteiger partial charge in [0.15, 0.2) is 0 Å². The van der Waals surface area contributed by atoms with Crippen molar-refractivity contribution in [3.8, 4) is 5.75 Å². The van der Waals surface area contributed by atoms with Gasteiger partial charge in [0.05, 0.1) is 22.3 Å². The Kier molecular flexibility index (Phi) is 5.96. The summed E-state index contributed by atoms with van der Waals surface area (Å²) in [6.45, 7) is 5.82. The number of ether oxygens (including phenoxy) is 1. The zero-order valence-electron chi connectivity index (χ0n) is 17.7. The normalized spacial score (nSPS) is 14.0. The molecule has 0 saturated heterocycles. The van der Waals surface area contributed by atoms with Crippen LogP contribution in [0, 0.1) is 6.92 Å². The van der Waals surface area contributed by atoms with Gasteiger partial charge in [0.2, 0.25) is 0 Å². The lowest BCUT2D eigenvalue weighted by atomic mass is 10.1. The third kappa shape index (κ3) is 4.28. The van der Waals surface area contributed by atoms with Gasteiger partial charge in [0, 0.05) is 4.90 Å². The monoisotopic (exact) mass is 429 g/mol. The Balaban J connectivity index is 1.79. The van der Waals surface area contributed by atoms with Crippen molar-refractivity contribution in [1.29, 1.82) is 0 Å². The smallest absolute Gasteiger partial charge is 0.272 e. The van der Waals surface area contributed by atoms with E-state index in [1.807, 2.05) is 93.6 Å². The maximum atomic E-state index is 13.5. The fraction of sp³-hybridized carbons (Fsp3) is 0.154. The van der Waals surface area contributed by atoms with E-state index in [0.29, 0.717) is 21.7 Å². The molecular formula is C26H23NO3S. The van der Waals surface area contributed by atoms with Gasteiger partial charge < -0.3 is 4.74 Å². The molecule has 0 fully saturated rings. The highest BCUT2D eigenvalue weighted by atomic mass is 32.2. The second-order valence-corrected chi connectivity index (χ2v) is 8.63. The molecule has 5 heteroatoms. The van der Waals surface area contributed by atoms with Crippen molar-refractivity contribution in [3.63, 3.8) is 0 Å². The molecule has 0 spiro atoms. The molecule has 0 N–H and O–H groups in total. The summed E-state index contributed by atoms with van der Waals surface area (Å²) >= 11 is 1.32. The molecule has 3 aromatic rings. The number of thioether (sulfide) groups is 1. The molecule has 3 aromatic carbocycles. The predicted molar refractivity (Wildman–Crippen MR) is 125 cm³/mol. The fourth-order valence-corrected chi connectivity index (χ4v) is 4.49. The van der Waals surface area contributed by atoms with Crippen LogP contribution in [0.1, 0.15) is 25.0 Å². The molecule has 4 rings (SSSR count). The van der Waals surface area contributed by atoms with Gasteiger partial charge >= 0.3 is 0 Å². The molecule has 1 heterocycles. The maximum Gasteiger partial charge on any atom is 0.272 e. The van der Waals surface area contributed by atoms with Crippen LogP contribution in [0.15, 0.2) is 88.7 Å². The molecule has 0 radical (unpaired) electrons. The van der Waals surface area contributed by atoms with Crippen LogP contribution >= 0.6 is 11.8 Å². The number of carbonyl (C=O) groups excluding carboxylic acids is 2. The molecule has 156 valence electrons. The first kappa shape index (κ1) is 20.9. The number of para-hydroxylation sites is 1. The number of carbonyl (C=O) groups is 2. The Labute approximate surface area is 186 Å². The average molecular weight is 430 g/mol. The number of anilines is 1. The third-order valence-corrected chi connectivity index (χ3v) is 5.97. The van der Waals surface area contributed by atoms with Crippen LogP contribution < -0.4 is 9.64 Å². The molecule has 0 atom stereocenters. The Morgan fingerprint density at radius 3 is 2.10 bits per heavy atom. The van der Waals surface area contributed by atoms with E-state index in [-0.39, 0.29) is 17.9 Å². The number of amides is 2. The Morgan fingerprint density at radius 1 is 0.806 bits per heavy atom. The maximum absolute atomic E-state index is 13.5. The first-order valence-corrected chi connectivity index (χ1v) is 11.0. The van der Waals surface area contributed by atoms with Crippen molar-refractivity contribution < 1.29 is 14.3 Å². The second-order valence-electron chi connectivity index (χ2n) is 7.54. The number of imide groups is 1. The SMILES string of the molecule is Cc1ccccc1N1C(=O)C(Sc2ccccc2)=C(c2ccc(OC(C)C)cc2)C1=O. The van der Waals surface area contributed by atoms with Gasteiger partial charge in [-0.15, -0.1) is 0 Å². The molecule has 4 nitrogen and oxygen atoms in total. The Bertz CT molecular complexity index is 1150. The number of hydrogen-bond acceptors (Lipinski definition) is 4. The first-order chi connectivity index (χ1) is 15.0. The summed E-state index contributed by atoms with van der Waals surface area (Å²) in [4.78, 5) is 29.6. The van der Waals surface area contributed by atoms with Crippen LogP contribution in [0.2, 0.25) is 0 Å². The van der Waals surface area contributed by atoms with Crippen LogP contribution in [0.5, 0.6) is 5.75 Å². The highest BCUT2D eigenvalue weighted by molar-refractivity contribution is 8.04. The third-order valence-electron chi connectivity index (χ3n) is 4.88. The highest BCUT2D eigenvalue weighted by Crippen LogP contribution is 2.42. The van der Waals surface area contributed by atoms with Gasteiger partial charge in [-0.2, -0.15) is 0 Å². The minimum absolute atomic E-state index is 0.0560. The number of aryl methyl sites for hydroxylation is 1. The summed E-state index contributed by atoms with van der Waals surface area (Å²) in [5, 5.41) is 0. The molecule has 31 heavy (non-hydrogen) atoms.